The average molecular weight is 399 g/mol. The lowest BCUT2D eigenvalue weighted by Crippen LogP contribution is -2.37. The summed E-state index contributed by atoms with van der Waals surface area (Å²) in [7, 11) is 0. The maximum atomic E-state index is 12.5. The molecule has 3 aromatic rings. The van der Waals surface area contributed by atoms with Crippen LogP contribution in [0.4, 0.5) is 10.8 Å². The summed E-state index contributed by atoms with van der Waals surface area (Å²) in [4.78, 5) is 33.2. The lowest BCUT2D eigenvalue weighted by Gasteiger charge is -2.20. The zero-order chi connectivity index (χ0) is 18.8. The molecule has 4 rings (SSSR count). The smallest absolute Gasteiger partial charge is 0.246 e. The van der Waals surface area contributed by atoms with Crippen molar-refractivity contribution in [1.29, 1.82) is 0 Å². The van der Waals surface area contributed by atoms with E-state index in [0.29, 0.717) is 23.2 Å². The van der Waals surface area contributed by atoms with Gasteiger partial charge in [-0.05, 0) is 31.2 Å². The second kappa shape index (κ2) is 7.50. The summed E-state index contributed by atoms with van der Waals surface area (Å²) in [6.07, 6.45) is 0.237. The molecule has 1 N–H and O–H groups in total. The van der Waals surface area contributed by atoms with Crippen LogP contribution in [0.5, 0.6) is 5.75 Å². The zero-order valence-corrected chi connectivity index (χ0v) is 16.2. The Bertz CT molecular complexity index is 996. The first-order valence-corrected chi connectivity index (χ1v) is 10.1. The molecule has 2 aromatic heterocycles. The third-order valence-electron chi connectivity index (χ3n) is 4.08. The quantitative estimate of drug-likeness (QED) is 0.721. The fourth-order valence-electron chi connectivity index (χ4n) is 2.81. The summed E-state index contributed by atoms with van der Waals surface area (Å²) in [6, 6.07) is 11.3. The van der Waals surface area contributed by atoms with Crippen molar-refractivity contribution in [3.05, 3.63) is 46.7 Å². The maximum Gasteiger partial charge on any atom is 0.246 e. The number of nitrogens with zero attached hydrogens (tertiary/aromatic N) is 2. The van der Waals surface area contributed by atoms with Crippen LogP contribution in [0.1, 0.15) is 11.3 Å². The molecule has 0 saturated heterocycles. The Kier molecular flexibility index (Phi) is 4.91. The van der Waals surface area contributed by atoms with Gasteiger partial charge in [0.15, 0.2) is 5.13 Å². The van der Waals surface area contributed by atoms with E-state index in [-0.39, 0.29) is 24.8 Å². The van der Waals surface area contributed by atoms with Crippen molar-refractivity contribution in [2.45, 2.75) is 13.3 Å². The second-order valence-corrected chi connectivity index (χ2v) is 8.19. The Hall–Kier alpha value is -2.71. The molecule has 6 nitrogen and oxygen atoms in total. The van der Waals surface area contributed by atoms with Crippen molar-refractivity contribution in [2.75, 3.05) is 23.4 Å². The highest BCUT2D eigenvalue weighted by Gasteiger charge is 2.25. The molecule has 1 aliphatic heterocycles. The Morgan fingerprint density at radius 1 is 1.30 bits per heavy atom. The molecule has 1 aromatic carbocycles. The number of benzene rings is 1. The van der Waals surface area contributed by atoms with Gasteiger partial charge in [0, 0.05) is 10.3 Å². The van der Waals surface area contributed by atoms with E-state index in [1.54, 1.807) is 23.5 Å². The van der Waals surface area contributed by atoms with Crippen LogP contribution in [0.2, 0.25) is 0 Å². The molecule has 0 atom stereocenters. The van der Waals surface area contributed by atoms with Gasteiger partial charge in [0.1, 0.15) is 12.3 Å². The SMILES string of the molecule is Cc1ccc(-c2csc(NC(=O)CN3C(=O)CCOc4ccccc43)n2)s1. The summed E-state index contributed by atoms with van der Waals surface area (Å²) in [5, 5.41) is 5.24. The van der Waals surface area contributed by atoms with Crippen molar-refractivity contribution < 1.29 is 14.3 Å². The third-order valence-corrected chi connectivity index (χ3v) is 5.86. The summed E-state index contributed by atoms with van der Waals surface area (Å²) >= 11 is 3.03. The Morgan fingerprint density at radius 3 is 2.96 bits per heavy atom. The van der Waals surface area contributed by atoms with Crippen molar-refractivity contribution in [2.24, 2.45) is 0 Å². The first-order chi connectivity index (χ1) is 13.1. The second-order valence-electron chi connectivity index (χ2n) is 6.04. The molecule has 8 heteroatoms. The summed E-state index contributed by atoms with van der Waals surface area (Å²) in [5.41, 5.74) is 1.46. The standard InChI is InChI=1S/C19H17N3O3S2/c1-12-6-7-16(27-12)13-11-26-19(20-13)21-17(23)10-22-14-4-2-3-5-15(14)25-9-8-18(22)24/h2-7,11H,8-10H2,1H3,(H,20,21,23). The summed E-state index contributed by atoms with van der Waals surface area (Å²) in [5.74, 6) is 0.188. The largest absolute Gasteiger partial charge is 0.491 e. The van der Waals surface area contributed by atoms with Gasteiger partial charge < -0.3 is 10.1 Å². The van der Waals surface area contributed by atoms with Crippen LogP contribution in [0.3, 0.4) is 0 Å². The molecule has 1 aliphatic rings. The molecule has 2 amide bonds. The van der Waals surface area contributed by atoms with Crippen LogP contribution in [-0.4, -0.2) is 29.9 Å². The van der Waals surface area contributed by atoms with E-state index in [1.165, 1.54) is 21.1 Å². The molecule has 27 heavy (non-hydrogen) atoms. The van der Waals surface area contributed by atoms with Crippen LogP contribution in [0, 0.1) is 6.92 Å². The minimum atomic E-state index is -0.289. The molecular formula is C19H17N3O3S2. The number of aryl methyl sites for hydroxylation is 1. The summed E-state index contributed by atoms with van der Waals surface area (Å²) < 4.78 is 5.60. The maximum absolute atomic E-state index is 12.5. The number of ether oxygens (including phenoxy) is 1. The van der Waals surface area contributed by atoms with E-state index in [2.05, 4.69) is 10.3 Å². The number of carbonyl (C=O) groups is 2. The van der Waals surface area contributed by atoms with Gasteiger partial charge in [-0.3, -0.25) is 14.5 Å². The van der Waals surface area contributed by atoms with Gasteiger partial charge in [0.25, 0.3) is 0 Å². The zero-order valence-electron chi connectivity index (χ0n) is 14.6. The van der Waals surface area contributed by atoms with Crippen LogP contribution >= 0.6 is 22.7 Å². The first kappa shape index (κ1) is 17.7. The number of nitrogens with one attached hydrogen (secondary N) is 1. The van der Waals surface area contributed by atoms with E-state index in [1.807, 2.05) is 36.6 Å². The van der Waals surface area contributed by atoms with E-state index >= 15 is 0 Å². The number of hydrogen-bond donors (Lipinski definition) is 1. The predicted octanol–water partition coefficient (Wildman–Crippen LogP) is 3.93. The van der Waals surface area contributed by atoms with Gasteiger partial charge in [0.2, 0.25) is 11.8 Å². The van der Waals surface area contributed by atoms with E-state index in [4.69, 9.17) is 4.74 Å². The lowest BCUT2D eigenvalue weighted by molar-refractivity contribution is -0.121. The fourth-order valence-corrected chi connectivity index (χ4v) is 4.44. The predicted molar refractivity (Wildman–Crippen MR) is 108 cm³/mol. The number of anilines is 2. The van der Waals surface area contributed by atoms with Crippen LogP contribution in [0.15, 0.2) is 41.8 Å². The lowest BCUT2D eigenvalue weighted by atomic mass is 10.2. The van der Waals surface area contributed by atoms with Crippen molar-refractivity contribution in [1.82, 2.24) is 4.98 Å². The minimum Gasteiger partial charge on any atom is -0.491 e. The molecule has 0 radical (unpaired) electrons. The number of thiazole rings is 1. The third kappa shape index (κ3) is 3.86. The van der Waals surface area contributed by atoms with E-state index in [0.717, 1.165) is 10.6 Å². The Balaban J connectivity index is 1.48. The van der Waals surface area contributed by atoms with Gasteiger partial charge in [-0.25, -0.2) is 4.98 Å². The summed E-state index contributed by atoms with van der Waals surface area (Å²) in [6.45, 7) is 2.28. The van der Waals surface area contributed by atoms with Gasteiger partial charge >= 0.3 is 0 Å². The molecular weight excluding hydrogens is 382 g/mol. The van der Waals surface area contributed by atoms with Crippen LogP contribution < -0.4 is 15.0 Å². The highest BCUT2D eigenvalue weighted by atomic mass is 32.1. The number of thiophene rings is 1. The van der Waals surface area contributed by atoms with Crippen molar-refractivity contribution in [3.63, 3.8) is 0 Å². The van der Waals surface area contributed by atoms with Gasteiger partial charge in [-0.1, -0.05) is 12.1 Å². The van der Waals surface area contributed by atoms with Crippen LogP contribution in [-0.2, 0) is 9.59 Å². The topological polar surface area (TPSA) is 71.5 Å². The monoisotopic (exact) mass is 399 g/mol. The van der Waals surface area contributed by atoms with Gasteiger partial charge in [-0.15, -0.1) is 22.7 Å². The number of hydrogen-bond acceptors (Lipinski definition) is 6. The minimum absolute atomic E-state index is 0.0772. The number of rotatable bonds is 4. The average Bonchev–Trinajstić information content (AvgIpc) is 3.25. The van der Waals surface area contributed by atoms with Crippen LogP contribution in [0.25, 0.3) is 10.6 Å². The van der Waals surface area contributed by atoms with E-state index < -0.39 is 0 Å². The molecule has 0 bridgehead atoms. The number of carbonyl (C=O) groups excluding carboxylic acids is 2. The molecule has 3 heterocycles. The number of aromatic nitrogens is 1. The number of para-hydroxylation sites is 2. The Labute approximate surface area is 164 Å². The highest BCUT2D eigenvalue weighted by molar-refractivity contribution is 7.17. The molecule has 0 fully saturated rings. The normalized spacial score (nSPS) is 13.7. The first-order valence-electron chi connectivity index (χ1n) is 8.44. The number of fused-ring (bicyclic) bond motifs is 1. The van der Waals surface area contributed by atoms with Crippen molar-refractivity contribution in [3.8, 4) is 16.3 Å². The van der Waals surface area contributed by atoms with Gasteiger partial charge in [-0.2, -0.15) is 0 Å². The highest BCUT2D eigenvalue weighted by Crippen LogP contribution is 2.32. The fraction of sp³-hybridized carbons (Fsp3) is 0.211. The molecule has 0 spiro atoms. The molecule has 0 saturated carbocycles. The van der Waals surface area contributed by atoms with E-state index in [9.17, 15) is 9.59 Å². The molecule has 0 unspecified atom stereocenters. The number of amides is 2. The van der Waals surface area contributed by atoms with Crippen molar-refractivity contribution >= 4 is 45.3 Å². The van der Waals surface area contributed by atoms with Gasteiger partial charge in [0.05, 0.1) is 29.3 Å². The molecule has 138 valence electrons. The Morgan fingerprint density at radius 2 is 2.15 bits per heavy atom. The molecule has 0 aliphatic carbocycles.